The fraction of sp³-hybridized carbons (Fsp3) is 0.567. The molecule has 236 valence electrons. The Morgan fingerprint density at radius 1 is 1.20 bits per heavy atom. The van der Waals surface area contributed by atoms with Gasteiger partial charge in [0.15, 0.2) is 0 Å². The van der Waals surface area contributed by atoms with Gasteiger partial charge in [0.25, 0.3) is 0 Å². The Bertz CT molecular complexity index is 1460. The molecule has 13 nitrogen and oxygen atoms in total. The summed E-state index contributed by atoms with van der Waals surface area (Å²) in [4.78, 5) is 55.8. The smallest absolute Gasteiger partial charge is 0.408 e. The average Bonchev–Trinajstić information content (AvgIpc) is 3.27. The molecule has 2 aromatic rings. The molecule has 1 saturated heterocycles. The van der Waals surface area contributed by atoms with E-state index in [1.807, 2.05) is 36.4 Å². The maximum Gasteiger partial charge on any atom is 0.408 e. The van der Waals surface area contributed by atoms with Gasteiger partial charge in [-0.1, -0.05) is 53.1 Å². The van der Waals surface area contributed by atoms with Crippen LogP contribution < -0.4 is 10.6 Å². The number of rotatable bonds is 4. The summed E-state index contributed by atoms with van der Waals surface area (Å²) in [7, 11) is 0. The predicted molar refractivity (Wildman–Crippen MR) is 162 cm³/mol. The van der Waals surface area contributed by atoms with E-state index in [1.54, 1.807) is 20.8 Å². The Morgan fingerprint density at radius 2 is 2.00 bits per heavy atom. The van der Waals surface area contributed by atoms with Gasteiger partial charge in [-0.2, -0.15) is 4.80 Å². The van der Waals surface area contributed by atoms with Gasteiger partial charge >= 0.3 is 12.1 Å². The van der Waals surface area contributed by atoms with Gasteiger partial charge in [-0.05, 0) is 63.8 Å². The van der Waals surface area contributed by atoms with Crippen LogP contribution in [-0.2, 0) is 19.1 Å². The minimum absolute atomic E-state index is 0.0705. The van der Waals surface area contributed by atoms with Crippen molar-refractivity contribution in [1.29, 1.82) is 0 Å². The Balaban J connectivity index is 1.44. The second kappa shape index (κ2) is 12.7. The molecular weight excluding hydrogens is 634 g/mol. The first kappa shape index (κ1) is 31.6. The first-order valence-corrected chi connectivity index (χ1v) is 15.7. The number of benzene rings is 1. The van der Waals surface area contributed by atoms with Crippen LogP contribution in [0.25, 0.3) is 11.4 Å². The summed E-state index contributed by atoms with van der Waals surface area (Å²) in [6.45, 7) is 5.28. The third kappa shape index (κ3) is 7.11. The van der Waals surface area contributed by atoms with Gasteiger partial charge in [-0.25, -0.2) is 9.59 Å². The molecule has 3 amide bonds. The second-order valence-electron chi connectivity index (χ2n) is 12.7. The quantitative estimate of drug-likeness (QED) is 0.411. The van der Waals surface area contributed by atoms with Crippen molar-refractivity contribution in [3.8, 4) is 11.4 Å². The number of allylic oxidation sites excluding steroid dienone is 1. The molecule has 1 saturated carbocycles. The zero-order valence-corrected chi connectivity index (χ0v) is 26.6. The Labute approximate surface area is 263 Å². The van der Waals surface area contributed by atoms with Gasteiger partial charge in [0, 0.05) is 28.9 Å². The molecule has 0 unspecified atom stereocenters. The Hall–Kier alpha value is -3.81. The van der Waals surface area contributed by atoms with Gasteiger partial charge in [0.2, 0.25) is 17.6 Å². The fourth-order valence-electron chi connectivity index (χ4n) is 5.82. The maximum atomic E-state index is 14.1. The lowest BCUT2D eigenvalue weighted by Gasteiger charge is -2.30. The summed E-state index contributed by atoms with van der Waals surface area (Å²) >= 11 is 3.44. The van der Waals surface area contributed by atoms with Crippen molar-refractivity contribution < 1.29 is 29.0 Å². The minimum Gasteiger partial charge on any atom is -0.479 e. The van der Waals surface area contributed by atoms with Crippen molar-refractivity contribution in [3.05, 3.63) is 40.9 Å². The first-order valence-electron chi connectivity index (χ1n) is 14.9. The summed E-state index contributed by atoms with van der Waals surface area (Å²) in [6, 6.07) is 4.97. The van der Waals surface area contributed by atoms with Crippen LogP contribution in [0.3, 0.4) is 0 Å². The number of ether oxygens (including phenoxy) is 1. The molecule has 1 aromatic carbocycles. The van der Waals surface area contributed by atoms with Crippen LogP contribution in [0.5, 0.6) is 0 Å². The summed E-state index contributed by atoms with van der Waals surface area (Å²) in [5.41, 5.74) is -1.45. The number of fused-ring (bicyclic) bond motifs is 2. The van der Waals surface area contributed by atoms with E-state index in [1.165, 1.54) is 9.70 Å². The van der Waals surface area contributed by atoms with E-state index in [4.69, 9.17) is 4.74 Å². The molecule has 0 spiro atoms. The molecule has 1 aliphatic carbocycles. The lowest BCUT2D eigenvalue weighted by Crippen LogP contribution is -2.56. The second-order valence-corrected chi connectivity index (χ2v) is 13.6. The highest BCUT2D eigenvalue weighted by atomic mass is 79.9. The maximum absolute atomic E-state index is 14.1. The number of alkyl carbamates (subject to hydrolysis) is 1. The highest BCUT2D eigenvalue weighted by Gasteiger charge is 2.61. The number of halogens is 1. The number of aliphatic carboxylic acids is 1. The van der Waals surface area contributed by atoms with E-state index in [0.717, 1.165) is 29.3 Å². The van der Waals surface area contributed by atoms with Crippen molar-refractivity contribution in [2.45, 2.75) is 95.0 Å². The zero-order valence-electron chi connectivity index (χ0n) is 25.0. The monoisotopic (exact) mass is 671 g/mol. The number of nitrogens with one attached hydrogen (secondary N) is 2. The topological polar surface area (TPSA) is 169 Å². The van der Waals surface area contributed by atoms with Crippen molar-refractivity contribution in [3.63, 3.8) is 0 Å². The number of tetrazole rings is 1. The number of carbonyl (C=O) groups excluding carboxylic acids is 3. The SMILES string of the molecule is CC(C)(C)OC(=O)N[C@@H]1CCCCC/C=C\[C@@H]2C[C@]2(C(=O)O)NC(=O)[C@@H]2C[C@H](n3nnc(-c4cccc(Br)c4)n3)CN2C1=O. The molecule has 0 radical (unpaired) electrons. The molecule has 14 heteroatoms. The number of hydrogen-bond donors (Lipinski definition) is 3. The van der Waals surface area contributed by atoms with Crippen molar-refractivity contribution in [2.24, 2.45) is 5.92 Å². The Kier molecular flexibility index (Phi) is 9.10. The van der Waals surface area contributed by atoms with Gasteiger partial charge in [-0.15, -0.1) is 10.2 Å². The van der Waals surface area contributed by atoms with Gasteiger partial charge < -0.3 is 25.4 Å². The van der Waals surface area contributed by atoms with E-state index in [9.17, 15) is 24.3 Å². The third-order valence-corrected chi connectivity index (χ3v) is 8.66. The number of carboxylic acid groups (broad SMARTS) is 1. The van der Waals surface area contributed by atoms with Crippen LogP contribution in [0, 0.1) is 5.92 Å². The largest absolute Gasteiger partial charge is 0.479 e. The molecule has 5 rings (SSSR count). The number of carboxylic acids is 1. The lowest BCUT2D eigenvalue weighted by molar-refractivity contribution is -0.145. The highest BCUT2D eigenvalue weighted by Crippen LogP contribution is 2.45. The third-order valence-electron chi connectivity index (χ3n) is 8.17. The van der Waals surface area contributed by atoms with Crippen LogP contribution in [-0.4, -0.2) is 83.9 Å². The first-order chi connectivity index (χ1) is 20.9. The number of nitrogens with zero attached hydrogens (tertiary/aromatic N) is 5. The molecule has 44 heavy (non-hydrogen) atoms. The summed E-state index contributed by atoms with van der Waals surface area (Å²) < 4.78 is 6.29. The van der Waals surface area contributed by atoms with Crippen LogP contribution in [0.2, 0.25) is 0 Å². The van der Waals surface area contributed by atoms with Crippen LogP contribution in [0.4, 0.5) is 4.79 Å². The molecule has 1 aromatic heterocycles. The summed E-state index contributed by atoms with van der Waals surface area (Å²) in [5, 5.41) is 28.5. The van der Waals surface area contributed by atoms with Gasteiger partial charge in [0.05, 0.1) is 6.04 Å². The Morgan fingerprint density at radius 3 is 2.73 bits per heavy atom. The van der Waals surface area contributed by atoms with E-state index < -0.39 is 53.1 Å². The molecule has 3 N–H and O–H groups in total. The highest BCUT2D eigenvalue weighted by molar-refractivity contribution is 9.10. The van der Waals surface area contributed by atoms with E-state index in [-0.39, 0.29) is 25.3 Å². The van der Waals surface area contributed by atoms with Crippen LogP contribution >= 0.6 is 15.9 Å². The minimum atomic E-state index is -1.42. The predicted octanol–water partition coefficient (Wildman–Crippen LogP) is 3.62. The van der Waals surface area contributed by atoms with E-state index in [0.29, 0.717) is 18.7 Å². The van der Waals surface area contributed by atoms with E-state index >= 15 is 0 Å². The molecular formula is C30H38BrN7O6. The number of amides is 3. The van der Waals surface area contributed by atoms with E-state index in [2.05, 4.69) is 42.0 Å². The van der Waals surface area contributed by atoms with Crippen molar-refractivity contribution in [2.75, 3.05) is 6.54 Å². The summed E-state index contributed by atoms with van der Waals surface area (Å²) in [6.07, 6.45) is 6.94. The van der Waals surface area contributed by atoms with Crippen molar-refractivity contribution in [1.82, 2.24) is 35.7 Å². The molecule has 2 fully saturated rings. The molecule has 0 bridgehead atoms. The standard InChI is InChI=1S/C30H38BrN7O6/c1-29(2,3)44-28(43)32-22-13-8-6-4-5-7-11-19-16-30(19,27(41)42)33-25(39)23-15-21(17-37(23)26(22)40)38-35-24(34-36-38)18-10-9-12-20(31)14-18/h7,9-12,14,19,21-23H,4-6,8,13,15-17H2,1-3H3,(H,32,43)(H,33,39)(H,41,42)/b11-7-/t19-,21+,22-,23+,30+/m1/s1. The molecule has 5 atom stereocenters. The number of carbonyl (C=O) groups is 4. The lowest BCUT2D eigenvalue weighted by atomic mass is 10.0. The summed E-state index contributed by atoms with van der Waals surface area (Å²) in [5.74, 6) is -2.08. The van der Waals surface area contributed by atoms with Crippen LogP contribution in [0.1, 0.15) is 71.8 Å². The zero-order chi connectivity index (χ0) is 31.6. The molecule has 3 aliphatic rings. The average molecular weight is 673 g/mol. The van der Waals surface area contributed by atoms with Crippen molar-refractivity contribution >= 4 is 39.8 Å². The molecule has 2 aliphatic heterocycles. The van der Waals surface area contributed by atoms with Gasteiger partial charge in [0.1, 0.15) is 23.2 Å². The number of hydrogen-bond acceptors (Lipinski definition) is 8. The molecule has 3 heterocycles. The van der Waals surface area contributed by atoms with Crippen LogP contribution in [0.15, 0.2) is 40.9 Å². The van der Waals surface area contributed by atoms with Gasteiger partial charge in [-0.3, -0.25) is 9.59 Å². The normalized spacial score (nSPS) is 28.5. The fourth-order valence-corrected chi connectivity index (χ4v) is 6.22. The number of aromatic nitrogens is 4.